The number of hydrogen-bond donors (Lipinski definition) is 0. The predicted molar refractivity (Wildman–Crippen MR) is 89.3 cm³/mol. The van der Waals surface area contributed by atoms with Gasteiger partial charge in [0.2, 0.25) is 0 Å². The van der Waals surface area contributed by atoms with E-state index in [-0.39, 0.29) is 6.04 Å². The van der Waals surface area contributed by atoms with E-state index in [9.17, 15) is 0 Å². The summed E-state index contributed by atoms with van der Waals surface area (Å²) in [7, 11) is 3.88. The Morgan fingerprint density at radius 2 is 2.04 bits per heavy atom. The van der Waals surface area contributed by atoms with Crippen molar-refractivity contribution in [2.75, 3.05) is 11.9 Å². The molecule has 0 aliphatic carbocycles. The Morgan fingerprint density at radius 1 is 1.22 bits per heavy atom. The fourth-order valence-corrected chi connectivity index (χ4v) is 2.81. The highest BCUT2D eigenvalue weighted by atomic mass is 16.3. The molecular weight excluding hydrogens is 290 g/mol. The van der Waals surface area contributed by atoms with E-state index in [1.165, 1.54) is 0 Å². The molecule has 1 aromatic carbocycles. The Morgan fingerprint density at radius 3 is 2.87 bits per heavy atom. The molecule has 6 nitrogen and oxygen atoms in total. The van der Waals surface area contributed by atoms with Gasteiger partial charge in [-0.3, -0.25) is 4.68 Å². The summed E-state index contributed by atoms with van der Waals surface area (Å²) in [5.41, 5.74) is 1.72. The minimum atomic E-state index is 0.0423. The van der Waals surface area contributed by atoms with Crippen molar-refractivity contribution in [1.29, 1.82) is 0 Å². The van der Waals surface area contributed by atoms with Crippen LogP contribution >= 0.6 is 0 Å². The van der Waals surface area contributed by atoms with Gasteiger partial charge in [0.15, 0.2) is 5.65 Å². The lowest BCUT2D eigenvalue weighted by Gasteiger charge is -2.24. The number of furan rings is 1. The number of aromatic nitrogens is 4. The molecule has 1 atom stereocenters. The predicted octanol–water partition coefficient (Wildman–Crippen LogP) is 3.31. The minimum Gasteiger partial charge on any atom is -0.459 e. The minimum absolute atomic E-state index is 0.0423. The number of aryl methyl sites for hydroxylation is 1. The lowest BCUT2D eigenvalue weighted by molar-refractivity contribution is 0.501. The van der Waals surface area contributed by atoms with E-state index in [2.05, 4.69) is 39.0 Å². The lowest BCUT2D eigenvalue weighted by Crippen LogP contribution is -2.22. The van der Waals surface area contributed by atoms with E-state index in [0.29, 0.717) is 0 Å². The fourth-order valence-electron chi connectivity index (χ4n) is 2.81. The zero-order valence-corrected chi connectivity index (χ0v) is 13.3. The third kappa shape index (κ3) is 2.14. The van der Waals surface area contributed by atoms with E-state index in [4.69, 9.17) is 4.42 Å². The van der Waals surface area contributed by atoms with Crippen LogP contribution in [0.25, 0.3) is 22.0 Å². The van der Waals surface area contributed by atoms with Crippen LogP contribution < -0.4 is 4.90 Å². The summed E-state index contributed by atoms with van der Waals surface area (Å²) >= 11 is 0. The van der Waals surface area contributed by atoms with E-state index in [1.807, 2.05) is 32.3 Å². The molecule has 116 valence electrons. The van der Waals surface area contributed by atoms with E-state index in [1.54, 1.807) is 17.2 Å². The average Bonchev–Trinajstić information content (AvgIpc) is 3.17. The zero-order chi connectivity index (χ0) is 16.0. The molecule has 0 bridgehead atoms. The zero-order valence-electron chi connectivity index (χ0n) is 13.3. The van der Waals surface area contributed by atoms with Gasteiger partial charge in [-0.2, -0.15) is 5.10 Å². The Hall–Kier alpha value is -2.89. The quantitative estimate of drug-likeness (QED) is 0.581. The van der Waals surface area contributed by atoms with Crippen LogP contribution in [0.1, 0.15) is 18.7 Å². The van der Waals surface area contributed by atoms with Crippen LogP contribution in [0.3, 0.4) is 0 Å². The van der Waals surface area contributed by atoms with Crippen LogP contribution in [-0.4, -0.2) is 26.8 Å². The van der Waals surface area contributed by atoms with Crippen molar-refractivity contribution >= 4 is 27.8 Å². The van der Waals surface area contributed by atoms with Crippen molar-refractivity contribution in [3.63, 3.8) is 0 Å². The maximum absolute atomic E-state index is 5.98. The topological polar surface area (TPSA) is 60.0 Å². The van der Waals surface area contributed by atoms with Crippen molar-refractivity contribution < 1.29 is 4.42 Å². The molecule has 0 amide bonds. The number of hydrogen-bond acceptors (Lipinski definition) is 5. The smallest absolute Gasteiger partial charge is 0.163 e. The van der Waals surface area contributed by atoms with Crippen molar-refractivity contribution in [3.8, 4) is 0 Å². The molecule has 0 aliphatic rings. The highest BCUT2D eigenvalue weighted by molar-refractivity contribution is 5.86. The lowest BCUT2D eigenvalue weighted by atomic mass is 10.2. The van der Waals surface area contributed by atoms with E-state index in [0.717, 1.165) is 33.6 Å². The van der Waals surface area contributed by atoms with Crippen molar-refractivity contribution in [2.45, 2.75) is 13.0 Å². The SMILES string of the molecule is CC(c1cc2ccccc2o1)N(C)c1ncnc2c1cnn2C. The van der Waals surface area contributed by atoms with Crippen LogP contribution in [-0.2, 0) is 7.05 Å². The number of fused-ring (bicyclic) bond motifs is 2. The number of anilines is 1. The molecule has 0 spiro atoms. The van der Waals surface area contributed by atoms with Gasteiger partial charge in [-0.15, -0.1) is 0 Å². The first-order valence-electron chi connectivity index (χ1n) is 7.49. The van der Waals surface area contributed by atoms with Gasteiger partial charge in [-0.25, -0.2) is 9.97 Å². The summed E-state index contributed by atoms with van der Waals surface area (Å²) in [6, 6.07) is 10.2. The summed E-state index contributed by atoms with van der Waals surface area (Å²) in [5.74, 6) is 1.75. The van der Waals surface area contributed by atoms with Gasteiger partial charge in [0, 0.05) is 19.5 Å². The largest absolute Gasteiger partial charge is 0.459 e. The molecule has 0 fully saturated rings. The van der Waals surface area contributed by atoms with Gasteiger partial charge in [-0.1, -0.05) is 18.2 Å². The second-order valence-electron chi connectivity index (χ2n) is 5.68. The van der Waals surface area contributed by atoms with Crippen LogP contribution in [0.5, 0.6) is 0 Å². The first kappa shape index (κ1) is 13.8. The molecule has 1 unspecified atom stereocenters. The Bertz CT molecular complexity index is 954. The molecule has 6 heteroatoms. The Balaban J connectivity index is 1.76. The molecule has 23 heavy (non-hydrogen) atoms. The molecule has 4 rings (SSSR count). The van der Waals surface area contributed by atoms with Crippen molar-refractivity contribution in [3.05, 3.63) is 48.6 Å². The molecule has 0 saturated heterocycles. The molecule has 3 aromatic heterocycles. The Kier molecular flexibility index (Phi) is 3.04. The van der Waals surface area contributed by atoms with Gasteiger partial charge < -0.3 is 9.32 Å². The molecule has 0 saturated carbocycles. The third-order valence-electron chi connectivity index (χ3n) is 4.28. The average molecular weight is 307 g/mol. The molecule has 3 heterocycles. The van der Waals surface area contributed by atoms with Crippen LogP contribution in [0, 0.1) is 0 Å². The normalized spacial score (nSPS) is 12.8. The highest BCUT2D eigenvalue weighted by Gasteiger charge is 2.20. The molecule has 0 N–H and O–H groups in total. The monoisotopic (exact) mass is 307 g/mol. The standard InChI is InChI=1S/C17H17N5O/c1-11(15-8-12-6-4-5-7-14(12)23-15)21(2)16-13-9-20-22(3)17(13)19-10-18-16/h4-11H,1-3H3. The van der Waals surface area contributed by atoms with Crippen LogP contribution in [0.2, 0.25) is 0 Å². The summed E-state index contributed by atoms with van der Waals surface area (Å²) in [5, 5.41) is 6.31. The Labute approximate surface area is 133 Å². The summed E-state index contributed by atoms with van der Waals surface area (Å²) in [4.78, 5) is 10.8. The van der Waals surface area contributed by atoms with Gasteiger partial charge in [0.05, 0.1) is 17.6 Å². The molecule has 0 radical (unpaired) electrons. The summed E-state index contributed by atoms with van der Waals surface area (Å²) in [6.45, 7) is 2.10. The maximum Gasteiger partial charge on any atom is 0.163 e. The number of rotatable bonds is 3. The van der Waals surface area contributed by atoms with E-state index >= 15 is 0 Å². The van der Waals surface area contributed by atoms with Gasteiger partial charge >= 0.3 is 0 Å². The van der Waals surface area contributed by atoms with Crippen molar-refractivity contribution in [2.24, 2.45) is 7.05 Å². The van der Waals surface area contributed by atoms with Gasteiger partial charge in [-0.05, 0) is 19.1 Å². The molecular formula is C17H17N5O. The summed E-state index contributed by atoms with van der Waals surface area (Å²) in [6.07, 6.45) is 3.37. The highest BCUT2D eigenvalue weighted by Crippen LogP contribution is 2.31. The first-order chi connectivity index (χ1) is 11.1. The maximum atomic E-state index is 5.98. The number of benzene rings is 1. The molecule has 0 aliphatic heterocycles. The van der Waals surface area contributed by atoms with Crippen LogP contribution in [0.15, 0.2) is 47.3 Å². The second-order valence-corrected chi connectivity index (χ2v) is 5.68. The summed E-state index contributed by atoms with van der Waals surface area (Å²) < 4.78 is 7.73. The number of nitrogens with zero attached hydrogens (tertiary/aromatic N) is 5. The second kappa shape index (κ2) is 5.08. The molecule has 4 aromatic rings. The number of para-hydroxylation sites is 1. The fraction of sp³-hybridized carbons (Fsp3) is 0.235. The first-order valence-corrected chi connectivity index (χ1v) is 7.49. The van der Waals surface area contributed by atoms with Crippen molar-refractivity contribution in [1.82, 2.24) is 19.7 Å². The third-order valence-corrected chi connectivity index (χ3v) is 4.28. The van der Waals surface area contributed by atoms with Gasteiger partial charge in [0.1, 0.15) is 23.5 Å². The van der Waals surface area contributed by atoms with E-state index < -0.39 is 0 Å². The van der Waals surface area contributed by atoms with Gasteiger partial charge in [0.25, 0.3) is 0 Å². The van der Waals surface area contributed by atoms with Crippen LogP contribution in [0.4, 0.5) is 5.82 Å².